The van der Waals surface area contributed by atoms with E-state index in [2.05, 4.69) is 31.7 Å². The maximum absolute atomic E-state index is 11.8. The molecular weight excluding hydrogens is 316 g/mol. The fourth-order valence-electron chi connectivity index (χ4n) is 1.32. The first-order valence-electron chi connectivity index (χ1n) is 5.13. The molecule has 2 rings (SSSR count). The van der Waals surface area contributed by atoms with E-state index in [1.807, 2.05) is 11.4 Å². The Labute approximate surface area is 117 Å². The van der Waals surface area contributed by atoms with Crippen molar-refractivity contribution in [2.75, 3.05) is 5.43 Å². The molecule has 0 aliphatic heterocycles. The highest BCUT2D eigenvalue weighted by Gasteiger charge is 2.08. The van der Waals surface area contributed by atoms with Gasteiger partial charge in [0.2, 0.25) is 0 Å². The molecule has 0 aromatic carbocycles. The Kier molecular flexibility index (Phi) is 4.29. The van der Waals surface area contributed by atoms with Crippen LogP contribution in [0.4, 0.5) is 5.69 Å². The average Bonchev–Trinajstić information content (AvgIpc) is 2.81. The number of pyridine rings is 1. The predicted molar refractivity (Wildman–Crippen MR) is 75.2 cm³/mol. The van der Waals surface area contributed by atoms with E-state index in [0.717, 1.165) is 9.35 Å². The maximum atomic E-state index is 11.8. The molecule has 7 heteroatoms. The summed E-state index contributed by atoms with van der Waals surface area (Å²) >= 11 is 5.00. The molecule has 1 amide bonds. The maximum Gasteiger partial charge on any atom is 0.270 e. The summed E-state index contributed by atoms with van der Waals surface area (Å²) in [5, 5.41) is 4.77. The van der Waals surface area contributed by atoms with Crippen molar-refractivity contribution in [1.29, 1.82) is 0 Å². The van der Waals surface area contributed by atoms with Crippen LogP contribution in [-0.2, 0) is 6.54 Å². The van der Waals surface area contributed by atoms with E-state index in [9.17, 15) is 4.79 Å². The van der Waals surface area contributed by atoms with Crippen LogP contribution in [0.15, 0.2) is 34.2 Å². The molecule has 18 heavy (non-hydrogen) atoms. The zero-order valence-electron chi connectivity index (χ0n) is 9.31. The molecule has 0 aliphatic rings. The third-order valence-corrected chi connectivity index (χ3v) is 4.19. The van der Waals surface area contributed by atoms with Crippen LogP contribution in [0.3, 0.4) is 0 Å². The van der Waals surface area contributed by atoms with Crippen LogP contribution in [0.25, 0.3) is 0 Å². The zero-order chi connectivity index (χ0) is 13.0. The summed E-state index contributed by atoms with van der Waals surface area (Å²) in [4.78, 5) is 16.9. The number of hydrogen-bond donors (Lipinski definition) is 3. The Hall–Kier alpha value is -1.44. The zero-order valence-corrected chi connectivity index (χ0v) is 11.7. The SMILES string of the molecule is NNc1ccc(C(=O)NCc2sccc2Br)nc1. The molecule has 0 fully saturated rings. The van der Waals surface area contributed by atoms with Crippen LogP contribution in [0.5, 0.6) is 0 Å². The van der Waals surface area contributed by atoms with Gasteiger partial charge in [-0.25, -0.2) is 4.98 Å². The minimum absolute atomic E-state index is 0.209. The number of nitrogens with zero attached hydrogens (tertiary/aromatic N) is 1. The molecule has 0 radical (unpaired) electrons. The summed E-state index contributed by atoms with van der Waals surface area (Å²) in [6, 6.07) is 5.27. The fourth-order valence-corrected chi connectivity index (χ4v) is 2.75. The third-order valence-electron chi connectivity index (χ3n) is 2.26. The van der Waals surface area contributed by atoms with Crippen LogP contribution in [0.1, 0.15) is 15.4 Å². The molecule has 0 spiro atoms. The number of nitrogen functional groups attached to an aromatic ring is 1. The number of carbonyl (C=O) groups excluding carboxylic acids is 1. The quantitative estimate of drug-likeness (QED) is 0.594. The number of hydrogen-bond acceptors (Lipinski definition) is 5. The molecule has 0 saturated carbocycles. The van der Waals surface area contributed by atoms with Crippen molar-refractivity contribution in [3.63, 3.8) is 0 Å². The molecule has 0 aliphatic carbocycles. The van der Waals surface area contributed by atoms with Crippen molar-refractivity contribution in [1.82, 2.24) is 10.3 Å². The minimum atomic E-state index is -0.209. The lowest BCUT2D eigenvalue weighted by Gasteiger charge is -2.04. The first-order valence-corrected chi connectivity index (χ1v) is 6.80. The smallest absolute Gasteiger partial charge is 0.270 e. The summed E-state index contributed by atoms with van der Waals surface area (Å²) < 4.78 is 1.00. The molecule has 0 unspecified atom stereocenters. The van der Waals surface area contributed by atoms with E-state index in [4.69, 9.17) is 5.84 Å². The van der Waals surface area contributed by atoms with Gasteiger partial charge in [-0.15, -0.1) is 11.3 Å². The van der Waals surface area contributed by atoms with Gasteiger partial charge < -0.3 is 10.7 Å². The Morgan fingerprint density at radius 3 is 2.83 bits per heavy atom. The number of rotatable bonds is 4. The summed E-state index contributed by atoms with van der Waals surface area (Å²) in [6.07, 6.45) is 1.51. The molecule has 0 saturated heterocycles. The van der Waals surface area contributed by atoms with Gasteiger partial charge in [0, 0.05) is 9.35 Å². The number of amides is 1. The largest absolute Gasteiger partial charge is 0.346 e. The van der Waals surface area contributed by atoms with E-state index < -0.39 is 0 Å². The van der Waals surface area contributed by atoms with Gasteiger partial charge in [-0.05, 0) is 39.5 Å². The highest BCUT2D eigenvalue weighted by molar-refractivity contribution is 9.10. The van der Waals surface area contributed by atoms with Gasteiger partial charge in [-0.3, -0.25) is 10.6 Å². The van der Waals surface area contributed by atoms with Crippen molar-refractivity contribution in [2.45, 2.75) is 6.54 Å². The number of anilines is 1. The van der Waals surface area contributed by atoms with Gasteiger partial charge in [-0.1, -0.05) is 0 Å². The van der Waals surface area contributed by atoms with Crippen LogP contribution in [0, 0.1) is 0 Å². The lowest BCUT2D eigenvalue weighted by molar-refractivity contribution is 0.0946. The van der Waals surface area contributed by atoms with Gasteiger partial charge in [0.15, 0.2) is 0 Å². The molecule has 2 aromatic heterocycles. The topological polar surface area (TPSA) is 80.0 Å². The van der Waals surface area contributed by atoms with Gasteiger partial charge >= 0.3 is 0 Å². The van der Waals surface area contributed by atoms with E-state index >= 15 is 0 Å². The van der Waals surface area contributed by atoms with Crippen molar-refractivity contribution >= 4 is 38.9 Å². The van der Waals surface area contributed by atoms with Crippen LogP contribution in [0.2, 0.25) is 0 Å². The Morgan fingerprint density at radius 2 is 2.28 bits per heavy atom. The first kappa shape index (κ1) is 13.0. The number of nitrogens with one attached hydrogen (secondary N) is 2. The van der Waals surface area contributed by atoms with Crippen molar-refractivity contribution in [3.05, 3.63) is 44.8 Å². The third kappa shape index (κ3) is 3.06. The molecular formula is C11H11BrN4OS. The van der Waals surface area contributed by atoms with Crippen LogP contribution < -0.4 is 16.6 Å². The second-order valence-corrected chi connectivity index (χ2v) is 5.31. The van der Waals surface area contributed by atoms with Crippen LogP contribution >= 0.6 is 27.3 Å². The highest BCUT2D eigenvalue weighted by atomic mass is 79.9. The molecule has 2 heterocycles. The number of aromatic nitrogens is 1. The molecule has 94 valence electrons. The van der Waals surface area contributed by atoms with Gasteiger partial charge in [0.1, 0.15) is 5.69 Å². The standard InChI is InChI=1S/C11H11BrN4OS/c12-8-3-4-18-10(8)6-15-11(17)9-2-1-7(16-13)5-14-9/h1-5,16H,6,13H2,(H,15,17). The number of halogens is 1. The summed E-state index contributed by atoms with van der Waals surface area (Å²) in [6.45, 7) is 0.482. The number of carbonyl (C=O) groups is 1. The Morgan fingerprint density at radius 1 is 1.44 bits per heavy atom. The van der Waals surface area contributed by atoms with Gasteiger partial charge in [0.25, 0.3) is 5.91 Å². The van der Waals surface area contributed by atoms with Crippen molar-refractivity contribution in [3.8, 4) is 0 Å². The second-order valence-electron chi connectivity index (χ2n) is 3.45. The van der Waals surface area contributed by atoms with Gasteiger partial charge in [-0.2, -0.15) is 0 Å². The summed E-state index contributed by atoms with van der Waals surface area (Å²) in [7, 11) is 0. The van der Waals surface area contributed by atoms with E-state index in [-0.39, 0.29) is 5.91 Å². The van der Waals surface area contributed by atoms with E-state index in [0.29, 0.717) is 17.9 Å². The monoisotopic (exact) mass is 326 g/mol. The number of hydrazine groups is 1. The molecule has 5 nitrogen and oxygen atoms in total. The summed E-state index contributed by atoms with van der Waals surface area (Å²) in [5.41, 5.74) is 3.48. The average molecular weight is 327 g/mol. The second kappa shape index (κ2) is 5.94. The Balaban J connectivity index is 1.97. The number of thiophene rings is 1. The van der Waals surface area contributed by atoms with Crippen molar-refractivity contribution in [2.24, 2.45) is 5.84 Å². The first-order chi connectivity index (χ1) is 8.70. The molecule has 0 bridgehead atoms. The minimum Gasteiger partial charge on any atom is -0.346 e. The molecule has 2 aromatic rings. The van der Waals surface area contributed by atoms with E-state index in [1.165, 1.54) is 6.20 Å². The lowest BCUT2D eigenvalue weighted by Crippen LogP contribution is -2.23. The fraction of sp³-hybridized carbons (Fsp3) is 0.0909. The van der Waals surface area contributed by atoms with Crippen LogP contribution in [-0.4, -0.2) is 10.9 Å². The lowest BCUT2D eigenvalue weighted by atomic mass is 10.3. The Bertz CT molecular complexity index is 540. The molecule has 0 atom stereocenters. The normalized spacial score (nSPS) is 10.1. The summed E-state index contributed by atoms with van der Waals surface area (Å²) in [5.74, 6) is 5.01. The molecule has 4 N–H and O–H groups in total. The van der Waals surface area contributed by atoms with E-state index in [1.54, 1.807) is 23.5 Å². The number of nitrogens with two attached hydrogens (primary N) is 1. The predicted octanol–water partition coefficient (Wildman–Crippen LogP) is 2.12. The van der Waals surface area contributed by atoms with Gasteiger partial charge in [0.05, 0.1) is 18.4 Å². The highest BCUT2D eigenvalue weighted by Crippen LogP contribution is 2.22. The van der Waals surface area contributed by atoms with Crippen molar-refractivity contribution < 1.29 is 4.79 Å².